The van der Waals surface area contributed by atoms with Crippen LogP contribution < -0.4 is 4.74 Å². The average molecular weight is 316 g/mol. The number of allylic oxidation sites excluding steroid dienone is 2. The van der Waals surface area contributed by atoms with Gasteiger partial charge in [0.15, 0.2) is 17.4 Å². The van der Waals surface area contributed by atoms with Crippen LogP contribution in [0.3, 0.4) is 0 Å². The highest BCUT2D eigenvalue weighted by Gasteiger charge is 2.24. The van der Waals surface area contributed by atoms with E-state index in [1.165, 1.54) is 0 Å². The van der Waals surface area contributed by atoms with Gasteiger partial charge in [-0.05, 0) is 68.6 Å². The molecule has 0 heterocycles. The maximum atomic E-state index is 13.8. The summed E-state index contributed by atoms with van der Waals surface area (Å²) in [6.07, 6.45) is 8.93. The third-order valence-electron chi connectivity index (χ3n) is 4.25. The van der Waals surface area contributed by atoms with E-state index in [0.717, 1.165) is 44.2 Å². The number of alkyl halides is 2. The van der Waals surface area contributed by atoms with Crippen molar-refractivity contribution in [2.24, 2.45) is 5.92 Å². The molecule has 1 fully saturated rings. The summed E-state index contributed by atoms with van der Waals surface area (Å²) in [6.45, 7) is -1.25. The Bertz CT molecular complexity index is 496. The SMILES string of the molecule is C/C=C/C[C@H]1CC[C@H](c2cc(F)c(OC(F)F)c(F)c2)CC1. The van der Waals surface area contributed by atoms with Crippen molar-refractivity contribution >= 4 is 0 Å². The standard InChI is InChI=1S/C17H20F4O/c1-2-3-4-11-5-7-12(8-6-11)13-9-14(18)16(15(19)10-13)22-17(20)21/h2-3,9-12,17H,4-8H2,1H3/b3-2+/t11-,12-. The van der Waals surface area contributed by atoms with Crippen molar-refractivity contribution in [1.82, 2.24) is 0 Å². The van der Waals surface area contributed by atoms with E-state index in [0.29, 0.717) is 11.5 Å². The quantitative estimate of drug-likeness (QED) is 0.492. The molecule has 1 saturated carbocycles. The van der Waals surface area contributed by atoms with Crippen LogP contribution in [0.4, 0.5) is 17.6 Å². The molecule has 1 aliphatic carbocycles. The molecule has 1 nitrogen and oxygen atoms in total. The first-order valence-electron chi connectivity index (χ1n) is 7.56. The van der Waals surface area contributed by atoms with E-state index in [9.17, 15) is 17.6 Å². The predicted molar refractivity (Wildman–Crippen MR) is 77.1 cm³/mol. The Balaban J connectivity index is 2.05. The lowest BCUT2D eigenvalue weighted by Crippen LogP contribution is -2.14. The Morgan fingerprint density at radius 2 is 1.73 bits per heavy atom. The molecule has 0 atom stereocenters. The molecule has 1 aliphatic rings. The molecule has 0 aliphatic heterocycles. The molecular weight excluding hydrogens is 296 g/mol. The summed E-state index contributed by atoms with van der Waals surface area (Å²) in [4.78, 5) is 0. The molecule has 1 aromatic rings. The zero-order valence-electron chi connectivity index (χ0n) is 12.5. The monoisotopic (exact) mass is 316 g/mol. The van der Waals surface area contributed by atoms with Gasteiger partial charge in [-0.3, -0.25) is 0 Å². The zero-order chi connectivity index (χ0) is 16.1. The maximum Gasteiger partial charge on any atom is 0.387 e. The molecule has 2 rings (SSSR count). The zero-order valence-corrected chi connectivity index (χ0v) is 12.5. The summed E-state index contributed by atoms with van der Waals surface area (Å²) in [5.41, 5.74) is 0.529. The van der Waals surface area contributed by atoms with Crippen molar-refractivity contribution in [3.63, 3.8) is 0 Å². The van der Waals surface area contributed by atoms with E-state index >= 15 is 0 Å². The molecule has 0 unspecified atom stereocenters. The van der Waals surface area contributed by atoms with Gasteiger partial charge in [0.1, 0.15) is 0 Å². The molecule has 0 N–H and O–H groups in total. The van der Waals surface area contributed by atoms with Crippen LogP contribution >= 0.6 is 0 Å². The molecular formula is C17H20F4O. The Kier molecular flexibility index (Phi) is 5.86. The highest BCUT2D eigenvalue weighted by Crippen LogP contribution is 2.39. The van der Waals surface area contributed by atoms with Crippen LogP contribution in [0.2, 0.25) is 0 Å². The first-order chi connectivity index (χ1) is 10.5. The smallest absolute Gasteiger partial charge is 0.387 e. The molecule has 0 amide bonds. The number of halogens is 4. The van der Waals surface area contributed by atoms with Crippen molar-refractivity contribution in [3.05, 3.63) is 41.5 Å². The van der Waals surface area contributed by atoms with Gasteiger partial charge in [-0.1, -0.05) is 12.2 Å². The molecule has 0 spiro atoms. The fourth-order valence-electron chi connectivity index (χ4n) is 3.08. The lowest BCUT2D eigenvalue weighted by molar-refractivity contribution is -0.0546. The molecule has 0 saturated heterocycles. The van der Waals surface area contributed by atoms with Crippen molar-refractivity contribution < 1.29 is 22.3 Å². The van der Waals surface area contributed by atoms with Crippen molar-refractivity contribution in [3.8, 4) is 5.75 Å². The van der Waals surface area contributed by atoms with Crippen LogP contribution in [0.1, 0.15) is 50.5 Å². The molecule has 0 bridgehead atoms. The summed E-state index contributed by atoms with van der Waals surface area (Å²) in [5, 5.41) is 0. The number of rotatable bonds is 5. The first kappa shape index (κ1) is 16.8. The fourth-order valence-corrected chi connectivity index (χ4v) is 3.08. The van der Waals surface area contributed by atoms with E-state index in [1.54, 1.807) is 0 Å². The van der Waals surface area contributed by atoms with E-state index < -0.39 is 24.0 Å². The molecule has 5 heteroatoms. The normalized spacial score (nSPS) is 22.5. The number of benzene rings is 1. The topological polar surface area (TPSA) is 9.23 Å². The number of hydrogen-bond donors (Lipinski definition) is 0. The minimum Gasteiger partial charge on any atom is -0.429 e. The van der Waals surface area contributed by atoms with E-state index in [2.05, 4.69) is 10.8 Å². The van der Waals surface area contributed by atoms with Crippen molar-refractivity contribution in [1.29, 1.82) is 0 Å². The van der Waals surface area contributed by atoms with E-state index in [1.807, 2.05) is 13.0 Å². The summed E-state index contributed by atoms with van der Waals surface area (Å²) >= 11 is 0. The van der Waals surface area contributed by atoms with Gasteiger partial charge in [0.2, 0.25) is 0 Å². The van der Waals surface area contributed by atoms with Gasteiger partial charge in [0, 0.05) is 0 Å². The second-order valence-electron chi connectivity index (χ2n) is 5.71. The Labute approximate surface area is 128 Å². The van der Waals surface area contributed by atoms with Gasteiger partial charge < -0.3 is 4.74 Å². The predicted octanol–water partition coefficient (Wildman–Crippen LogP) is 5.81. The molecule has 122 valence electrons. The molecule has 0 radical (unpaired) electrons. The molecule has 1 aromatic carbocycles. The van der Waals surface area contributed by atoms with Crippen molar-refractivity contribution in [2.45, 2.75) is 51.6 Å². The van der Waals surface area contributed by atoms with Crippen LogP contribution in [0.25, 0.3) is 0 Å². The minimum absolute atomic E-state index is 0.0754. The van der Waals surface area contributed by atoms with Gasteiger partial charge >= 0.3 is 6.61 Å². The second kappa shape index (κ2) is 7.65. The molecule has 22 heavy (non-hydrogen) atoms. The summed E-state index contributed by atoms with van der Waals surface area (Å²) in [6, 6.07) is 2.25. The summed E-state index contributed by atoms with van der Waals surface area (Å²) in [5.74, 6) is -2.44. The van der Waals surface area contributed by atoms with Gasteiger partial charge in [0.05, 0.1) is 0 Å². The first-order valence-corrected chi connectivity index (χ1v) is 7.56. The second-order valence-corrected chi connectivity index (χ2v) is 5.71. The Morgan fingerprint density at radius 3 is 2.23 bits per heavy atom. The van der Waals surface area contributed by atoms with E-state index in [-0.39, 0.29) is 5.92 Å². The van der Waals surface area contributed by atoms with Gasteiger partial charge in [-0.25, -0.2) is 8.78 Å². The van der Waals surface area contributed by atoms with Gasteiger partial charge in [-0.15, -0.1) is 0 Å². The average Bonchev–Trinajstić information content (AvgIpc) is 2.49. The Hall–Kier alpha value is -1.52. The fraction of sp³-hybridized carbons (Fsp3) is 0.529. The van der Waals surface area contributed by atoms with E-state index in [4.69, 9.17) is 0 Å². The van der Waals surface area contributed by atoms with Crippen LogP contribution in [-0.2, 0) is 0 Å². The van der Waals surface area contributed by atoms with Crippen LogP contribution in [-0.4, -0.2) is 6.61 Å². The van der Waals surface area contributed by atoms with Crippen LogP contribution in [0.15, 0.2) is 24.3 Å². The largest absolute Gasteiger partial charge is 0.429 e. The van der Waals surface area contributed by atoms with Crippen molar-refractivity contribution in [2.75, 3.05) is 0 Å². The summed E-state index contributed by atoms with van der Waals surface area (Å²) < 4.78 is 55.7. The van der Waals surface area contributed by atoms with Gasteiger partial charge in [-0.2, -0.15) is 8.78 Å². The molecule has 0 aromatic heterocycles. The number of hydrogen-bond acceptors (Lipinski definition) is 1. The highest BCUT2D eigenvalue weighted by atomic mass is 19.3. The Morgan fingerprint density at radius 1 is 1.14 bits per heavy atom. The lowest BCUT2D eigenvalue weighted by atomic mass is 9.77. The third-order valence-corrected chi connectivity index (χ3v) is 4.25. The van der Waals surface area contributed by atoms with Crippen LogP contribution in [0.5, 0.6) is 5.75 Å². The van der Waals surface area contributed by atoms with Gasteiger partial charge in [0.25, 0.3) is 0 Å². The highest BCUT2D eigenvalue weighted by molar-refractivity contribution is 5.33. The minimum atomic E-state index is -3.24. The number of ether oxygens (including phenoxy) is 1. The van der Waals surface area contributed by atoms with Crippen LogP contribution in [0, 0.1) is 17.6 Å². The maximum absolute atomic E-state index is 13.8. The third kappa shape index (κ3) is 4.24. The summed E-state index contributed by atoms with van der Waals surface area (Å²) in [7, 11) is 0. The lowest BCUT2D eigenvalue weighted by Gasteiger charge is -2.28.